The Morgan fingerprint density at radius 3 is 2.83 bits per heavy atom. The number of para-hydroxylation sites is 1. The highest BCUT2D eigenvalue weighted by atomic mass is 32.2. The first-order chi connectivity index (χ1) is 8.64. The van der Waals surface area contributed by atoms with Gasteiger partial charge < -0.3 is 15.5 Å². The van der Waals surface area contributed by atoms with E-state index in [4.69, 9.17) is 0 Å². The highest BCUT2D eigenvalue weighted by molar-refractivity contribution is 7.99. The maximum absolute atomic E-state index is 10.3. The quantitative estimate of drug-likeness (QED) is 0.766. The van der Waals surface area contributed by atoms with Gasteiger partial charge in [-0.1, -0.05) is 25.1 Å². The minimum absolute atomic E-state index is 0.0980. The van der Waals surface area contributed by atoms with Crippen molar-refractivity contribution < 1.29 is 10.2 Å². The smallest absolute Gasteiger partial charge is 0.120 e. The third-order valence-electron chi connectivity index (χ3n) is 3.48. The van der Waals surface area contributed by atoms with E-state index in [2.05, 4.69) is 12.2 Å². The van der Waals surface area contributed by atoms with E-state index in [1.54, 1.807) is 17.8 Å². The Hall–Kier alpha value is -0.710. The number of aliphatic hydroxyl groups is 1. The van der Waals surface area contributed by atoms with Crippen LogP contribution in [-0.2, 0) is 0 Å². The number of thioether (sulfide) groups is 1. The fourth-order valence-electron chi connectivity index (χ4n) is 2.31. The second-order valence-electron chi connectivity index (χ2n) is 4.93. The Balaban J connectivity index is 1.99. The molecule has 3 N–H and O–H groups in total. The van der Waals surface area contributed by atoms with E-state index in [1.807, 2.05) is 18.2 Å². The van der Waals surface area contributed by atoms with Gasteiger partial charge in [0, 0.05) is 23.9 Å². The largest absolute Gasteiger partial charge is 0.508 e. The van der Waals surface area contributed by atoms with Crippen LogP contribution in [0.1, 0.15) is 31.4 Å². The van der Waals surface area contributed by atoms with Crippen molar-refractivity contribution in [2.24, 2.45) is 0 Å². The Labute approximate surface area is 113 Å². The molecule has 2 atom stereocenters. The van der Waals surface area contributed by atoms with E-state index < -0.39 is 5.60 Å². The topological polar surface area (TPSA) is 52.5 Å². The molecular formula is C14H21NO2S. The third kappa shape index (κ3) is 3.19. The lowest BCUT2D eigenvalue weighted by Crippen LogP contribution is -2.41. The number of aromatic hydroxyl groups is 1. The molecule has 0 unspecified atom stereocenters. The van der Waals surface area contributed by atoms with Gasteiger partial charge in [-0.05, 0) is 24.7 Å². The van der Waals surface area contributed by atoms with E-state index in [0.717, 1.165) is 29.9 Å². The van der Waals surface area contributed by atoms with Crippen LogP contribution in [-0.4, -0.2) is 33.9 Å². The second kappa shape index (κ2) is 5.95. The molecule has 1 fully saturated rings. The minimum Gasteiger partial charge on any atom is -0.508 e. The highest BCUT2D eigenvalue weighted by Crippen LogP contribution is 2.30. The Morgan fingerprint density at radius 2 is 2.22 bits per heavy atom. The van der Waals surface area contributed by atoms with Gasteiger partial charge >= 0.3 is 0 Å². The first-order valence-electron chi connectivity index (χ1n) is 6.46. The lowest BCUT2D eigenvalue weighted by molar-refractivity contribution is 0.0642. The number of hydrogen-bond donors (Lipinski definition) is 3. The fraction of sp³-hybridized carbons (Fsp3) is 0.571. The van der Waals surface area contributed by atoms with Crippen LogP contribution < -0.4 is 5.32 Å². The molecule has 0 bridgehead atoms. The van der Waals surface area contributed by atoms with Crippen molar-refractivity contribution in [3.8, 4) is 5.75 Å². The van der Waals surface area contributed by atoms with Crippen molar-refractivity contribution >= 4 is 11.8 Å². The van der Waals surface area contributed by atoms with Crippen LogP contribution in [0.2, 0.25) is 0 Å². The van der Waals surface area contributed by atoms with Gasteiger partial charge in [0.15, 0.2) is 0 Å². The molecule has 1 heterocycles. The van der Waals surface area contributed by atoms with Gasteiger partial charge in [-0.3, -0.25) is 0 Å². The van der Waals surface area contributed by atoms with Crippen molar-refractivity contribution in [2.45, 2.75) is 31.4 Å². The molecule has 18 heavy (non-hydrogen) atoms. The number of nitrogens with one attached hydrogen (secondary N) is 1. The summed E-state index contributed by atoms with van der Waals surface area (Å²) in [5.74, 6) is 2.16. The summed E-state index contributed by atoms with van der Waals surface area (Å²) in [6.07, 6.45) is 1.74. The summed E-state index contributed by atoms with van der Waals surface area (Å²) in [5, 5.41) is 23.6. The normalized spacial score (nSPS) is 25.2. The fourth-order valence-corrected chi connectivity index (χ4v) is 3.60. The monoisotopic (exact) mass is 267 g/mol. The number of phenolic OH excluding ortho intramolecular Hbond substituents is 1. The van der Waals surface area contributed by atoms with Crippen LogP contribution in [0.4, 0.5) is 0 Å². The van der Waals surface area contributed by atoms with Crippen molar-refractivity contribution in [1.82, 2.24) is 5.32 Å². The second-order valence-corrected chi connectivity index (χ2v) is 6.03. The van der Waals surface area contributed by atoms with Gasteiger partial charge in [0.2, 0.25) is 0 Å². The number of rotatable bonds is 5. The molecule has 3 nitrogen and oxygen atoms in total. The average molecular weight is 267 g/mol. The average Bonchev–Trinajstić information content (AvgIpc) is 2.79. The van der Waals surface area contributed by atoms with Crippen molar-refractivity contribution in [3.05, 3.63) is 29.8 Å². The van der Waals surface area contributed by atoms with Gasteiger partial charge in [0.25, 0.3) is 0 Å². The summed E-state index contributed by atoms with van der Waals surface area (Å²) in [6.45, 7) is 2.67. The highest BCUT2D eigenvalue weighted by Gasteiger charge is 2.32. The molecule has 4 heteroatoms. The Bertz CT molecular complexity index is 391. The van der Waals surface area contributed by atoms with Crippen LogP contribution in [0.3, 0.4) is 0 Å². The van der Waals surface area contributed by atoms with Gasteiger partial charge in [0.05, 0.1) is 5.60 Å². The molecule has 2 rings (SSSR count). The van der Waals surface area contributed by atoms with Gasteiger partial charge in [0.1, 0.15) is 5.75 Å². The van der Waals surface area contributed by atoms with E-state index in [1.165, 1.54) is 0 Å². The summed E-state index contributed by atoms with van der Waals surface area (Å²) in [6, 6.07) is 7.50. The first kappa shape index (κ1) is 13.7. The SMILES string of the molecule is CC[C@H](NC[C@]1(O)CCSC1)c1ccccc1O. The Kier molecular flexibility index (Phi) is 4.54. The van der Waals surface area contributed by atoms with Crippen molar-refractivity contribution in [2.75, 3.05) is 18.1 Å². The van der Waals surface area contributed by atoms with E-state index in [-0.39, 0.29) is 6.04 Å². The zero-order valence-corrected chi connectivity index (χ0v) is 11.5. The standard InChI is InChI=1S/C14H21NO2S/c1-2-12(11-5-3-4-6-13(11)16)15-9-14(17)7-8-18-10-14/h3-6,12,15-17H,2,7-10H2,1H3/t12-,14+/m0/s1. The van der Waals surface area contributed by atoms with E-state index >= 15 is 0 Å². The van der Waals surface area contributed by atoms with Crippen LogP contribution in [0, 0.1) is 0 Å². The lowest BCUT2D eigenvalue weighted by atomic mass is 10.00. The molecule has 1 aliphatic rings. The van der Waals surface area contributed by atoms with Crippen molar-refractivity contribution in [3.63, 3.8) is 0 Å². The molecule has 1 aromatic rings. The maximum Gasteiger partial charge on any atom is 0.120 e. The van der Waals surface area contributed by atoms with Crippen molar-refractivity contribution in [1.29, 1.82) is 0 Å². The third-order valence-corrected chi connectivity index (χ3v) is 4.71. The molecule has 0 amide bonds. The molecule has 0 saturated carbocycles. The molecule has 100 valence electrons. The van der Waals surface area contributed by atoms with E-state index in [9.17, 15) is 10.2 Å². The first-order valence-corrected chi connectivity index (χ1v) is 7.61. The number of benzene rings is 1. The molecule has 0 aromatic heterocycles. The summed E-state index contributed by atoms with van der Waals surface area (Å²) < 4.78 is 0. The summed E-state index contributed by atoms with van der Waals surface area (Å²) >= 11 is 1.80. The van der Waals surface area contributed by atoms with Crippen LogP contribution in [0.25, 0.3) is 0 Å². The molecule has 1 saturated heterocycles. The zero-order valence-electron chi connectivity index (χ0n) is 10.7. The van der Waals surface area contributed by atoms with Crippen LogP contribution in [0.5, 0.6) is 5.75 Å². The van der Waals surface area contributed by atoms with Gasteiger partial charge in [-0.15, -0.1) is 0 Å². The maximum atomic E-state index is 10.3. The van der Waals surface area contributed by atoms with Crippen LogP contribution >= 0.6 is 11.8 Å². The summed E-state index contributed by atoms with van der Waals surface area (Å²) in [4.78, 5) is 0. The molecule has 0 spiro atoms. The van der Waals surface area contributed by atoms with E-state index in [0.29, 0.717) is 12.3 Å². The predicted molar refractivity (Wildman–Crippen MR) is 76.0 cm³/mol. The Morgan fingerprint density at radius 1 is 1.44 bits per heavy atom. The summed E-state index contributed by atoms with van der Waals surface area (Å²) in [7, 11) is 0. The zero-order chi connectivity index (χ0) is 13.0. The van der Waals surface area contributed by atoms with Gasteiger partial charge in [-0.2, -0.15) is 11.8 Å². The number of hydrogen-bond acceptors (Lipinski definition) is 4. The van der Waals surface area contributed by atoms with Gasteiger partial charge in [-0.25, -0.2) is 0 Å². The molecule has 0 aliphatic carbocycles. The minimum atomic E-state index is -0.581. The lowest BCUT2D eigenvalue weighted by Gasteiger charge is -2.26. The number of phenols is 1. The molecule has 1 aromatic carbocycles. The molecule has 0 radical (unpaired) electrons. The van der Waals surface area contributed by atoms with Crippen LogP contribution in [0.15, 0.2) is 24.3 Å². The molecular weight excluding hydrogens is 246 g/mol. The summed E-state index contributed by atoms with van der Waals surface area (Å²) in [5.41, 5.74) is 0.330. The predicted octanol–water partition coefficient (Wildman–Crippen LogP) is 2.30. The molecule has 1 aliphatic heterocycles.